The number of cyclic esters (lactones) is 1. The van der Waals surface area contributed by atoms with Crippen molar-refractivity contribution in [2.24, 2.45) is 0 Å². The maximum atomic E-state index is 13.2. The van der Waals surface area contributed by atoms with E-state index in [1.807, 2.05) is 12.1 Å². The predicted octanol–water partition coefficient (Wildman–Crippen LogP) is 3.11. The zero-order valence-corrected chi connectivity index (χ0v) is 13.2. The van der Waals surface area contributed by atoms with Crippen LogP contribution in [0.25, 0.3) is 0 Å². The second-order valence-electron chi connectivity index (χ2n) is 5.04. The Morgan fingerprint density at radius 3 is 1.91 bits per heavy atom. The molecule has 0 atom stereocenters. The predicted molar refractivity (Wildman–Crippen MR) is 84.3 cm³/mol. The van der Waals surface area contributed by atoms with Crippen molar-refractivity contribution >= 4 is 13.6 Å². The van der Waals surface area contributed by atoms with Gasteiger partial charge in [-0.1, -0.05) is 36.4 Å². The summed E-state index contributed by atoms with van der Waals surface area (Å²) in [4.78, 5) is 12.8. The smallest absolute Gasteiger partial charge is 0.444 e. The van der Waals surface area contributed by atoms with Gasteiger partial charge >= 0.3 is 13.6 Å². The summed E-state index contributed by atoms with van der Waals surface area (Å²) < 4.78 is 29.3. The maximum Gasteiger partial charge on any atom is 0.444 e. The van der Waals surface area contributed by atoms with Gasteiger partial charge in [-0.05, 0) is 24.3 Å². The van der Waals surface area contributed by atoms with Crippen LogP contribution in [0.3, 0.4) is 0 Å². The first-order valence-corrected chi connectivity index (χ1v) is 8.82. The van der Waals surface area contributed by atoms with Crippen molar-refractivity contribution in [3.63, 3.8) is 0 Å². The minimum atomic E-state index is -3.55. The highest BCUT2D eigenvalue weighted by molar-refractivity contribution is 7.54. The largest absolute Gasteiger partial charge is 0.449 e. The highest BCUT2D eigenvalue weighted by Gasteiger charge is 2.35. The molecule has 2 aromatic rings. The van der Waals surface area contributed by atoms with E-state index in [0.29, 0.717) is 11.5 Å². The number of ether oxygens (including phenoxy) is 1. The molecule has 23 heavy (non-hydrogen) atoms. The molecule has 0 saturated carbocycles. The van der Waals surface area contributed by atoms with Gasteiger partial charge in [0.1, 0.15) is 31.1 Å². The summed E-state index contributed by atoms with van der Waals surface area (Å²) in [6.45, 7) is 0.152. The standard InChI is InChI=1S/C16H16NO5P/c18-16-11-17(12-20-16)13-23(19,21-14-7-3-1-4-8-14)22-15-9-5-2-6-10-15/h1-10H,11-13H2. The van der Waals surface area contributed by atoms with Crippen molar-refractivity contribution in [3.8, 4) is 11.5 Å². The molecular weight excluding hydrogens is 317 g/mol. The molecule has 0 radical (unpaired) electrons. The van der Waals surface area contributed by atoms with E-state index < -0.39 is 7.60 Å². The first-order chi connectivity index (χ1) is 11.1. The number of nitrogens with zero attached hydrogens (tertiary/aromatic N) is 1. The summed E-state index contributed by atoms with van der Waals surface area (Å²) in [5.41, 5.74) is 0. The first kappa shape index (κ1) is 15.6. The molecule has 0 N–H and O–H groups in total. The Balaban J connectivity index is 1.79. The molecule has 6 nitrogen and oxygen atoms in total. The number of carbonyl (C=O) groups excluding carboxylic acids is 1. The molecule has 7 heteroatoms. The third kappa shape index (κ3) is 4.34. The second kappa shape index (κ2) is 6.86. The first-order valence-electron chi connectivity index (χ1n) is 7.09. The summed E-state index contributed by atoms with van der Waals surface area (Å²) in [5.74, 6) is 0.535. The Kier molecular flexibility index (Phi) is 4.65. The van der Waals surface area contributed by atoms with Gasteiger partial charge in [0.15, 0.2) is 0 Å². The molecule has 1 saturated heterocycles. The third-order valence-electron chi connectivity index (χ3n) is 3.11. The van der Waals surface area contributed by atoms with Gasteiger partial charge in [-0.2, -0.15) is 0 Å². The number of esters is 1. The fraction of sp³-hybridized carbons (Fsp3) is 0.188. The van der Waals surface area contributed by atoms with Gasteiger partial charge in [0, 0.05) is 0 Å². The fourth-order valence-corrected chi connectivity index (χ4v) is 3.84. The molecule has 0 spiro atoms. The SMILES string of the molecule is O=C1CN(CP(=O)(Oc2ccccc2)Oc2ccccc2)CO1. The molecule has 0 unspecified atom stereocenters. The normalized spacial score (nSPS) is 15.2. The van der Waals surface area contributed by atoms with Crippen LogP contribution in [0.4, 0.5) is 0 Å². The summed E-state index contributed by atoms with van der Waals surface area (Å²) >= 11 is 0. The average Bonchev–Trinajstić information content (AvgIpc) is 2.93. The average molecular weight is 333 g/mol. The maximum absolute atomic E-state index is 13.2. The van der Waals surface area contributed by atoms with Crippen molar-refractivity contribution in [2.45, 2.75) is 0 Å². The van der Waals surface area contributed by atoms with Crippen LogP contribution in [-0.4, -0.2) is 30.4 Å². The zero-order valence-electron chi connectivity index (χ0n) is 12.3. The molecule has 0 aliphatic carbocycles. The minimum Gasteiger partial charge on any atom is -0.449 e. The van der Waals surface area contributed by atoms with Crippen LogP contribution in [0.5, 0.6) is 11.5 Å². The van der Waals surface area contributed by atoms with E-state index in [1.54, 1.807) is 53.4 Å². The van der Waals surface area contributed by atoms with Crippen LogP contribution in [0.2, 0.25) is 0 Å². The van der Waals surface area contributed by atoms with Crippen LogP contribution >= 0.6 is 7.60 Å². The van der Waals surface area contributed by atoms with Crippen molar-refractivity contribution < 1.29 is 23.1 Å². The lowest BCUT2D eigenvalue weighted by molar-refractivity contribution is -0.136. The number of rotatable bonds is 6. The summed E-state index contributed by atoms with van der Waals surface area (Å²) in [6, 6.07) is 17.6. The number of hydrogen-bond donors (Lipinski definition) is 0. The monoisotopic (exact) mass is 333 g/mol. The van der Waals surface area contributed by atoms with E-state index in [4.69, 9.17) is 13.8 Å². The van der Waals surface area contributed by atoms with Crippen LogP contribution in [0.15, 0.2) is 60.7 Å². The molecule has 1 heterocycles. The summed E-state index contributed by atoms with van der Waals surface area (Å²) in [6.07, 6.45) is -0.0392. The van der Waals surface area contributed by atoms with Gasteiger partial charge in [-0.3, -0.25) is 4.79 Å². The van der Waals surface area contributed by atoms with E-state index in [9.17, 15) is 9.36 Å². The Labute approximate surface area is 134 Å². The molecule has 1 fully saturated rings. The van der Waals surface area contributed by atoms with Gasteiger partial charge in [-0.15, -0.1) is 0 Å². The molecule has 1 aliphatic heterocycles. The van der Waals surface area contributed by atoms with Crippen LogP contribution in [0.1, 0.15) is 0 Å². The van der Waals surface area contributed by atoms with Crippen LogP contribution in [0, 0.1) is 0 Å². The van der Waals surface area contributed by atoms with Gasteiger partial charge in [-0.25, -0.2) is 9.46 Å². The number of benzene rings is 2. The molecule has 3 rings (SSSR count). The summed E-state index contributed by atoms with van der Waals surface area (Å²) in [5, 5.41) is 0. The fourth-order valence-electron chi connectivity index (χ4n) is 2.13. The van der Waals surface area contributed by atoms with E-state index in [0.717, 1.165) is 0 Å². The minimum absolute atomic E-state index is 0.0392. The lowest BCUT2D eigenvalue weighted by Gasteiger charge is -2.23. The molecule has 0 amide bonds. The van der Waals surface area contributed by atoms with Gasteiger partial charge in [0.05, 0.1) is 0 Å². The van der Waals surface area contributed by atoms with E-state index in [2.05, 4.69) is 0 Å². The third-order valence-corrected chi connectivity index (χ3v) is 4.83. The van der Waals surface area contributed by atoms with Crippen molar-refractivity contribution in [3.05, 3.63) is 60.7 Å². The van der Waals surface area contributed by atoms with Crippen LogP contribution < -0.4 is 9.05 Å². The molecule has 1 aliphatic rings. The number of para-hydroxylation sites is 2. The Bertz CT molecular complexity index is 661. The molecule has 2 aromatic carbocycles. The molecular formula is C16H16NO5P. The van der Waals surface area contributed by atoms with Gasteiger partial charge in [0.25, 0.3) is 0 Å². The lowest BCUT2D eigenvalue weighted by atomic mass is 10.3. The van der Waals surface area contributed by atoms with Gasteiger partial charge < -0.3 is 13.8 Å². The van der Waals surface area contributed by atoms with Crippen molar-refractivity contribution in [1.82, 2.24) is 4.90 Å². The molecule has 120 valence electrons. The summed E-state index contributed by atoms with van der Waals surface area (Å²) in [7, 11) is -3.55. The van der Waals surface area contributed by atoms with E-state index in [-0.39, 0.29) is 25.5 Å². The molecule has 0 bridgehead atoms. The Morgan fingerprint density at radius 1 is 0.957 bits per heavy atom. The Hall–Kier alpha value is -2.30. The number of hydrogen-bond acceptors (Lipinski definition) is 6. The van der Waals surface area contributed by atoms with Crippen molar-refractivity contribution in [1.29, 1.82) is 0 Å². The Morgan fingerprint density at radius 2 is 1.48 bits per heavy atom. The van der Waals surface area contributed by atoms with Crippen molar-refractivity contribution in [2.75, 3.05) is 19.6 Å². The van der Waals surface area contributed by atoms with Crippen LogP contribution in [-0.2, 0) is 14.1 Å². The second-order valence-corrected chi connectivity index (χ2v) is 6.91. The topological polar surface area (TPSA) is 65.1 Å². The lowest BCUT2D eigenvalue weighted by Crippen LogP contribution is -2.25. The highest BCUT2D eigenvalue weighted by atomic mass is 31.2. The van der Waals surface area contributed by atoms with E-state index >= 15 is 0 Å². The quantitative estimate of drug-likeness (QED) is 0.598. The zero-order chi connectivity index (χ0) is 16.1. The number of carbonyl (C=O) groups is 1. The molecule has 0 aromatic heterocycles. The van der Waals surface area contributed by atoms with Gasteiger partial charge in [0.2, 0.25) is 0 Å². The van der Waals surface area contributed by atoms with E-state index in [1.165, 1.54) is 0 Å². The highest BCUT2D eigenvalue weighted by Crippen LogP contribution is 2.49.